The zero-order chi connectivity index (χ0) is 22.8. The van der Waals surface area contributed by atoms with Gasteiger partial charge < -0.3 is 23.4 Å². The van der Waals surface area contributed by atoms with Gasteiger partial charge in [0.15, 0.2) is 8.32 Å². The second-order valence-electron chi connectivity index (χ2n) is 10.8. The van der Waals surface area contributed by atoms with E-state index in [2.05, 4.69) is 4.72 Å². The van der Waals surface area contributed by atoms with Crippen LogP contribution in [0.2, 0.25) is 19.6 Å². The first-order chi connectivity index (χ1) is 12.8. The van der Waals surface area contributed by atoms with Crippen molar-refractivity contribution in [2.75, 3.05) is 0 Å². The number of hydrogen-bond donors (Lipinski definition) is 2. The SMILES string of the molecule is CC(C)(C)[S+]([O-])N[C@@H](CC[C@@H](CC(=O)O)O[Si](C)(C)C)B1OC(C)(C)C(C)(C)O1. The summed E-state index contributed by atoms with van der Waals surface area (Å²) in [6.07, 6.45) is 0.595. The van der Waals surface area contributed by atoms with Crippen molar-refractivity contribution in [3.63, 3.8) is 0 Å². The highest BCUT2D eigenvalue weighted by Gasteiger charge is 2.55. The highest BCUT2D eigenvalue weighted by molar-refractivity contribution is 7.90. The number of aliphatic carboxylic acids is 1. The monoisotopic (exact) mass is 449 g/mol. The Balaban J connectivity index is 2.97. The Bertz CT molecular complexity index is 548. The Labute approximate surface area is 181 Å². The van der Waals surface area contributed by atoms with Gasteiger partial charge in [0.25, 0.3) is 0 Å². The first kappa shape index (κ1) is 26.9. The summed E-state index contributed by atoms with van der Waals surface area (Å²) in [5, 5.41) is 9.27. The lowest BCUT2D eigenvalue weighted by Crippen LogP contribution is -2.52. The molecule has 3 atom stereocenters. The lowest BCUT2D eigenvalue weighted by Gasteiger charge is -2.32. The van der Waals surface area contributed by atoms with Gasteiger partial charge in [-0.2, -0.15) is 0 Å². The molecule has 29 heavy (non-hydrogen) atoms. The van der Waals surface area contributed by atoms with Crippen LogP contribution in [0, 0.1) is 0 Å². The molecule has 1 heterocycles. The minimum absolute atomic E-state index is 0.0529. The van der Waals surface area contributed by atoms with Gasteiger partial charge in [0.05, 0.1) is 29.7 Å². The maximum atomic E-state index is 12.8. The maximum absolute atomic E-state index is 12.8. The van der Waals surface area contributed by atoms with E-state index in [1.54, 1.807) is 0 Å². The van der Waals surface area contributed by atoms with E-state index in [0.717, 1.165) is 0 Å². The van der Waals surface area contributed by atoms with Crippen molar-refractivity contribution in [3.8, 4) is 0 Å². The molecule has 1 fully saturated rings. The van der Waals surface area contributed by atoms with E-state index in [0.29, 0.717) is 12.8 Å². The van der Waals surface area contributed by atoms with E-state index < -0.39 is 54.8 Å². The molecule has 1 aliphatic heterocycles. The molecular weight excluding hydrogens is 409 g/mol. The Morgan fingerprint density at radius 2 is 1.66 bits per heavy atom. The molecule has 0 aromatic carbocycles. The maximum Gasteiger partial charge on any atom is 0.480 e. The highest BCUT2D eigenvalue weighted by Crippen LogP contribution is 2.38. The van der Waals surface area contributed by atoms with Gasteiger partial charge in [-0.3, -0.25) is 4.79 Å². The average molecular weight is 449 g/mol. The molecule has 0 aromatic heterocycles. The van der Waals surface area contributed by atoms with Gasteiger partial charge in [0.1, 0.15) is 4.75 Å². The fourth-order valence-electron chi connectivity index (χ4n) is 2.88. The van der Waals surface area contributed by atoms with E-state index in [9.17, 15) is 14.5 Å². The molecule has 0 radical (unpaired) electrons. The van der Waals surface area contributed by atoms with E-state index in [4.69, 9.17) is 13.7 Å². The van der Waals surface area contributed by atoms with Crippen molar-refractivity contribution in [1.29, 1.82) is 0 Å². The zero-order valence-corrected chi connectivity index (χ0v) is 21.6. The number of carbonyl (C=O) groups is 1. The Morgan fingerprint density at radius 1 is 1.17 bits per heavy atom. The number of carboxylic acids is 1. The van der Waals surface area contributed by atoms with Crippen LogP contribution in [0.4, 0.5) is 0 Å². The summed E-state index contributed by atoms with van der Waals surface area (Å²) >= 11 is -1.32. The molecular formula is C19H40BNO6SSi. The summed E-state index contributed by atoms with van der Waals surface area (Å²) in [5.41, 5.74) is -1.01. The van der Waals surface area contributed by atoms with Crippen LogP contribution in [0.15, 0.2) is 0 Å². The summed E-state index contributed by atoms with van der Waals surface area (Å²) in [7, 11) is -2.48. The molecule has 1 saturated heterocycles. The minimum atomic E-state index is -1.90. The predicted octanol–water partition coefficient (Wildman–Crippen LogP) is 3.51. The van der Waals surface area contributed by atoms with E-state index >= 15 is 0 Å². The first-order valence-corrected chi connectivity index (χ1v) is 14.8. The van der Waals surface area contributed by atoms with Crippen LogP contribution in [-0.2, 0) is 29.9 Å². The zero-order valence-electron chi connectivity index (χ0n) is 19.8. The van der Waals surface area contributed by atoms with Crippen molar-refractivity contribution in [2.24, 2.45) is 0 Å². The van der Waals surface area contributed by atoms with Gasteiger partial charge >= 0.3 is 13.1 Å². The second kappa shape index (κ2) is 9.58. The summed E-state index contributed by atoms with van der Waals surface area (Å²) in [6.45, 7) is 19.7. The molecule has 0 aliphatic carbocycles. The van der Waals surface area contributed by atoms with Gasteiger partial charge in [-0.1, -0.05) is 0 Å². The van der Waals surface area contributed by atoms with Crippen molar-refractivity contribution >= 4 is 32.8 Å². The van der Waals surface area contributed by atoms with Crippen LogP contribution < -0.4 is 4.72 Å². The van der Waals surface area contributed by atoms with Crippen LogP contribution in [-0.4, -0.2) is 59.1 Å². The van der Waals surface area contributed by atoms with Crippen molar-refractivity contribution in [2.45, 2.75) is 115 Å². The number of rotatable bonds is 10. The third-order valence-electron chi connectivity index (χ3n) is 5.14. The first-order valence-electron chi connectivity index (χ1n) is 10.3. The minimum Gasteiger partial charge on any atom is -0.598 e. The number of carboxylic acid groups (broad SMARTS) is 1. The van der Waals surface area contributed by atoms with Crippen molar-refractivity contribution in [1.82, 2.24) is 4.72 Å². The molecule has 0 aromatic rings. The summed E-state index contributed by atoms with van der Waals surface area (Å²) in [6, 6.07) is 0. The molecule has 7 nitrogen and oxygen atoms in total. The fourth-order valence-corrected chi connectivity index (χ4v) is 4.94. The number of nitrogens with one attached hydrogen (secondary N) is 1. The van der Waals surface area contributed by atoms with Crippen LogP contribution in [0.25, 0.3) is 0 Å². The smallest absolute Gasteiger partial charge is 0.480 e. The van der Waals surface area contributed by atoms with Crippen LogP contribution in [0.5, 0.6) is 0 Å². The quantitative estimate of drug-likeness (QED) is 0.389. The third-order valence-corrected chi connectivity index (χ3v) is 7.81. The van der Waals surface area contributed by atoms with Gasteiger partial charge in [-0.05, 0) is 80.9 Å². The van der Waals surface area contributed by atoms with Gasteiger partial charge in [-0.15, -0.1) is 4.72 Å². The molecule has 0 saturated carbocycles. The third kappa shape index (κ3) is 8.51. The molecule has 1 unspecified atom stereocenters. The largest absolute Gasteiger partial charge is 0.598 e. The Hall–Kier alpha value is -0.0982. The van der Waals surface area contributed by atoms with Gasteiger partial charge in [0, 0.05) is 11.4 Å². The van der Waals surface area contributed by atoms with Crippen LogP contribution >= 0.6 is 0 Å². The summed E-state index contributed by atoms with van der Waals surface area (Å²) < 4.78 is 34.0. The molecule has 10 heteroatoms. The fraction of sp³-hybridized carbons (Fsp3) is 0.947. The van der Waals surface area contributed by atoms with Crippen molar-refractivity contribution < 1.29 is 28.2 Å². The summed E-state index contributed by atoms with van der Waals surface area (Å²) in [4.78, 5) is 11.3. The van der Waals surface area contributed by atoms with Gasteiger partial charge in [-0.25, -0.2) is 0 Å². The van der Waals surface area contributed by atoms with E-state index in [1.165, 1.54) is 0 Å². The van der Waals surface area contributed by atoms with Crippen LogP contribution in [0.1, 0.15) is 67.7 Å². The Kier molecular flexibility index (Phi) is 8.90. The predicted molar refractivity (Wildman–Crippen MR) is 121 cm³/mol. The van der Waals surface area contributed by atoms with Gasteiger partial charge in [0.2, 0.25) is 0 Å². The molecule has 1 rings (SSSR count). The lowest BCUT2D eigenvalue weighted by molar-refractivity contribution is -0.139. The number of hydrogen-bond acceptors (Lipinski definition) is 6. The van der Waals surface area contributed by atoms with Crippen molar-refractivity contribution in [3.05, 3.63) is 0 Å². The lowest BCUT2D eigenvalue weighted by atomic mass is 9.76. The highest BCUT2D eigenvalue weighted by atomic mass is 32.2. The molecule has 2 N–H and O–H groups in total. The van der Waals surface area contributed by atoms with E-state index in [-0.39, 0.29) is 12.4 Å². The topological polar surface area (TPSA) is 100 Å². The molecule has 1 aliphatic rings. The molecule has 170 valence electrons. The average Bonchev–Trinajstić information content (AvgIpc) is 2.67. The Morgan fingerprint density at radius 3 is 2.03 bits per heavy atom. The van der Waals surface area contributed by atoms with Crippen LogP contribution in [0.3, 0.4) is 0 Å². The molecule has 0 spiro atoms. The summed E-state index contributed by atoms with van der Waals surface area (Å²) in [5.74, 6) is -1.23. The van der Waals surface area contributed by atoms with E-state index in [1.807, 2.05) is 68.1 Å². The normalized spacial score (nSPS) is 22.4. The molecule has 0 amide bonds. The second-order valence-corrected chi connectivity index (χ2v) is 17.2. The molecule has 0 bridgehead atoms. The standard InChI is InChI=1S/C19H40BNO6SSi/c1-17(2,3)28(24)21-15(20-26-18(4,5)19(6,7)27-20)12-11-14(13-16(22)23)25-29(8,9)10/h14-15,21H,11-13H2,1-10H3,(H,22,23)/t14-,15-,28?/m0/s1.